The van der Waals surface area contributed by atoms with E-state index in [1.54, 1.807) is 14.0 Å². The fourth-order valence-corrected chi connectivity index (χ4v) is 5.89. The molecular formula is C22H30N2O3. The molecule has 4 bridgehead atoms. The van der Waals surface area contributed by atoms with Crippen molar-refractivity contribution < 1.29 is 14.3 Å². The molecule has 4 fully saturated rings. The summed E-state index contributed by atoms with van der Waals surface area (Å²) in [4.78, 5) is 25.5. The van der Waals surface area contributed by atoms with Crippen molar-refractivity contribution in [3.63, 3.8) is 0 Å². The molecule has 5 rings (SSSR count). The number of methoxy groups -OCH3 is 1. The number of amides is 2. The quantitative estimate of drug-likeness (QED) is 0.809. The molecule has 0 saturated heterocycles. The van der Waals surface area contributed by atoms with Gasteiger partial charge in [-0.1, -0.05) is 12.1 Å². The van der Waals surface area contributed by atoms with Crippen LogP contribution in [0.3, 0.4) is 0 Å². The molecule has 4 aliphatic rings. The zero-order chi connectivity index (χ0) is 19.0. The van der Waals surface area contributed by atoms with E-state index in [1.807, 2.05) is 24.3 Å². The number of carbonyl (C=O) groups is 2. The lowest BCUT2D eigenvalue weighted by Gasteiger charge is -2.55. The Morgan fingerprint density at radius 3 is 2.15 bits per heavy atom. The second-order valence-corrected chi connectivity index (χ2v) is 8.96. The molecule has 1 atom stereocenters. The highest BCUT2D eigenvalue weighted by molar-refractivity contribution is 5.90. The van der Waals surface area contributed by atoms with Crippen molar-refractivity contribution in [1.29, 1.82) is 0 Å². The third-order valence-electron chi connectivity index (χ3n) is 6.89. The summed E-state index contributed by atoms with van der Waals surface area (Å²) in [5.74, 6) is 2.93. The average Bonchev–Trinajstić information content (AvgIpc) is 2.65. The first-order chi connectivity index (χ1) is 13.0. The number of carbonyl (C=O) groups excluding carboxylic acids is 2. The first-order valence-corrected chi connectivity index (χ1v) is 10.2. The molecule has 0 heterocycles. The average molecular weight is 370 g/mol. The second-order valence-electron chi connectivity index (χ2n) is 8.96. The highest BCUT2D eigenvalue weighted by Gasteiger charge is 2.54. The number of hydrogen-bond donors (Lipinski definition) is 2. The van der Waals surface area contributed by atoms with Crippen LogP contribution in [0.1, 0.15) is 51.0 Å². The van der Waals surface area contributed by atoms with Crippen LogP contribution in [0.5, 0.6) is 5.75 Å². The molecule has 0 radical (unpaired) electrons. The molecule has 1 aromatic rings. The molecule has 1 aromatic carbocycles. The van der Waals surface area contributed by atoms with Gasteiger partial charge < -0.3 is 15.4 Å². The smallest absolute Gasteiger partial charge is 0.242 e. The van der Waals surface area contributed by atoms with Crippen molar-refractivity contribution in [2.24, 2.45) is 23.2 Å². The summed E-state index contributed by atoms with van der Waals surface area (Å²) in [6, 6.07) is 7.10. The van der Waals surface area contributed by atoms with Gasteiger partial charge in [0, 0.05) is 12.0 Å². The monoisotopic (exact) mass is 370 g/mol. The van der Waals surface area contributed by atoms with Crippen LogP contribution < -0.4 is 15.4 Å². The molecule has 0 unspecified atom stereocenters. The first-order valence-electron chi connectivity index (χ1n) is 10.2. The van der Waals surface area contributed by atoms with Gasteiger partial charge in [0.25, 0.3) is 0 Å². The van der Waals surface area contributed by atoms with Crippen molar-refractivity contribution in [3.05, 3.63) is 29.8 Å². The molecule has 0 spiro atoms. The first kappa shape index (κ1) is 18.3. The summed E-state index contributed by atoms with van der Waals surface area (Å²) in [5, 5.41) is 5.94. The molecule has 4 aliphatic carbocycles. The number of ether oxygens (including phenoxy) is 1. The molecule has 5 heteroatoms. The van der Waals surface area contributed by atoms with E-state index in [-0.39, 0.29) is 17.2 Å². The van der Waals surface area contributed by atoms with Gasteiger partial charge in [-0.15, -0.1) is 0 Å². The Kier molecular flexibility index (Phi) is 4.87. The Bertz CT molecular complexity index is 677. The SMILES string of the molecule is COc1ccc(CNC(=O)[C@H](C)NC(=O)C23CC4CC(CC(C4)C2)C3)cc1. The van der Waals surface area contributed by atoms with Gasteiger partial charge in [-0.05, 0) is 80.9 Å². The largest absolute Gasteiger partial charge is 0.497 e. The van der Waals surface area contributed by atoms with Crippen LogP contribution in [-0.4, -0.2) is 25.0 Å². The Hall–Kier alpha value is -2.04. The Morgan fingerprint density at radius 1 is 1.07 bits per heavy atom. The maximum Gasteiger partial charge on any atom is 0.242 e. The second kappa shape index (κ2) is 7.17. The van der Waals surface area contributed by atoms with Gasteiger partial charge in [0.2, 0.25) is 11.8 Å². The predicted molar refractivity (Wildman–Crippen MR) is 103 cm³/mol. The highest BCUT2D eigenvalue weighted by Crippen LogP contribution is 2.60. The fraction of sp³-hybridized carbons (Fsp3) is 0.636. The lowest BCUT2D eigenvalue weighted by molar-refractivity contribution is -0.148. The van der Waals surface area contributed by atoms with Gasteiger partial charge >= 0.3 is 0 Å². The molecule has 0 aromatic heterocycles. The van der Waals surface area contributed by atoms with Crippen LogP contribution >= 0.6 is 0 Å². The van der Waals surface area contributed by atoms with Crippen molar-refractivity contribution >= 4 is 11.8 Å². The van der Waals surface area contributed by atoms with Crippen LogP contribution in [0.4, 0.5) is 0 Å². The van der Waals surface area contributed by atoms with Crippen LogP contribution in [0.25, 0.3) is 0 Å². The summed E-state index contributed by atoms with van der Waals surface area (Å²) < 4.78 is 5.14. The summed E-state index contributed by atoms with van der Waals surface area (Å²) >= 11 is 0. The molecule has 2 N–H and O–H groups in total. The van der Waals surface area contributed by atoms with Crippen molar-refractivity contribution in [1.82, 2.24) is 10.6 Å². The van der Waals surface area contributed by atoms with Gasteiger partial charge in [-0.2, -0.15) is 0 Å². The minimum Gasteiger partial charge on any atom is -0.497 e. The summed E-state index contributed by atoms with van der Waals surface area (Å²) in [7, 11) is 1.63. The molecular weight excluding hydrogens is 340 g/mol. The third kappa shape index (κ3) is 3.69. The van der Waals surface area contributed by atoms with E-state index in [4.69, 9.17) is 4.74 Å². The maximum absolute atomic E-state index is 13.1. The molecule has 27 heavy (non-hydrogen) atoms. The highest BCUT2D eigenvalue weighted by atomic mass is 16.5. The maximum atomic E-state index is 13.1. The van der Waals surface area contributed by atoms with Gasteiger partial charge in [-0.3, -0.25) is 9.59 Å². The molecule has 2 amide bonds. The van der Waals surface area contributed by atoms with Crippen LogP contribution in [-0.2, 0) is 16.1 Å². The standard InChI is InChI=1S/C22H30N2O3/c1-14(20(25)23-13-15-3-5-19(27-2)6-4-15)24-21(26)22-10-16-7-17(11-22)9-18(8-16)12-22/h3-6,14,16-18H,7-13H2,1-2H3,(H,23,25)(H,24,26)/t14-,16?,17?,18?,22?/m0/s1. The molecule has 146 valence electrons. The Labute approximate surface area is 161 Å². The van der Waals surface area contributed by atoms with Gasteiger partial charge in [0.15, 0.2) is 0 Å². The van der Waals surface area contributed by atoms with E-state index in [2.05, 4.69) is 10.6 Å². The van der Waals surface area contributed by atoms with Crippen molar-refractivity contribution in [3.8, 4) is 5.75 Å². The topological polar surface area (TPSA) is 67.4 Å². The summed E-state index contributed by atoms with van der Waals surface area (Å²) in [5.41, 5.74) is 0.794. The predicted octanol–water partition coefficient (Wildman–Crippen LogP) is 3.03. The van der Waals surface area contributed by atoms with Crippen molar-refractivity contribution in [2.45, 2.75) is 58.0 Å². The van der Waals surface area contributed by atoms with Gasteiger partial charge in [0.1, 0.15) is 11.8 Å². The Morgan fingerprint density at radius 2 is 1.63 bits per heavy atom. The van der Waals surface area contributed by atoms with Crippen LogP contribution in [0.2, 0.25) is 0 Å². The van der Waals surface area contributed by atoms with E-state index in [1.165, 1.54) is 19.3 Å². The fourth-order valence-electron chi connectivity index (χ4n) is 5.89. The van der Waals surface area contributed by atoms with Crippen molar-refractivity contribution in [2.75, 3.05) is 7.11 Å². The third-order valence-corrected chi connectivity index (χ3v) is 6.89. The van der Waals surface area contributed by atoms with E-state index in [0.29, 0.717) is 6.54 Å². The number of benzene rings is 1. The minimum atomic E-state index is -0.510. The van der Waals surface area contributed by atoms with E-state index in [0.717, 1.165) is 48.3 Å². The summed E-state index contributed by atoms with van der Waals surface area (Å²) in [6.45, 7) is 2.22. The molecule has 5 nitrogen and oxygen atoms in total. The van der Waals surface area contributed by atoms with E-state index >= 15 is 0 Å². The van der Waals surface area contributed by atoms with Crippen LogP contribution in [0, 0.1) is 23.2 Å². The number of hydrogen-bond acceptors (Lipinski definition) is 3. The number of rotatable bonds is 6. The number of nitrogens with one attached hydrogen (secondary N) is 2. The van der Waals surface area contributed by atoms with Gasteiger partial charge in [-0.25, -0.2) is 0 Å². The molecule has 0 aliphatic heterocycles. The van der Waals surface area contributed by atoms with Gasteiger partial charge in [0.05, 0.1) is 7.11 Å². The van der Waals surface area contributed by atoms with E-state index < -0.39 is 6.04 Å². The summed E-state index contributed by atoms with van der Waals surface area (Å²) in [6.07, 6.45) is 6.99. The lowest BCUT2D eigenvalue weighted by atomic mass is 9.49. The van der Waals surface area contributed by atoms with E-state index in [9.17, 15) is 9.59 Å². The lowest BCUT2D eigenvalue weighted by Crippen LogP contribution is -2.56. The zero-order valence-corrected chi connectivity index (χ0v) is 16.3. The normalized spacial score (nSPS) is 32.0. The van der Waals surface area contributed by atoms with Crippen LogP contribution in [0.15, 0.2) is 24.3 Å². The molecule has 4 saturated carbocycles. The zero-order valence-electron chi connectivity index (χ0n) is 16.3. The Balaban J connectivity index is 1.31. The minimum absolute atomic E-state index is 0.105.